The van der Waals surface area contributed by atoms with Gasteiger partial charge in [-0.2, -0.15) is 0 Å². The fourth-order valence-electron chi connectivity index (χ4n) is 2.02. The molecular weight excluding hydrogens is 275 g/mol. The van der Waals surface area contributed by atoms with Crippen LogP contribution >= 0.6 is 23.2 Å². The number of carbonyl (C=O) groups excluding carboxylic acids is 1. The van der Waals surface area contributed by atoms with Crippen LogP contribution in [0.2, 0.25) is 10.0 Å². The van der Waals surface area contributed by atoms with E-state index in [1.54, 1.807) is 18.2 Å². The van der Waals surface area contributed by atoms with E-state index in [-0.39, 0.29) is 12.1 Å². The van der Waals surface area contributed by atoms with Gasteiger partial charge in [0.1, 0.15) is 0 Å². The Morgan fingerprint density at radius 1 is 1.28 bits per heavy atom. The van der Waals surface area contributed by atoms with Crippen molar-refractivity contribution in [3.05, 3.63) is 28.2 Å². The number of amides is 2. The molecule has 2 amide bonds. The van der Waals surface area contributed by atoms with Crippen LogP contribution in [0.15, 0.2) is 18.2 Å². The Kier molecular flexibility index (Phi) is 4.32. The molecule has 0 aliphatic heterocycles. The lowest BCUT2D eigenvalue weighted by molar-refractivity contribution is 0.151. The summed E-state index contributed by atoms with van der Waals surface area (Å²) >= 11 is 11.6. The molecule has 98 valence electrons. The van der Waals surface area contributed by atoms with Crippen LogP contribution in [0.5, 0.6) is 0 Å². The molecule has 0 spiro atoms. The highest BCUT2D eigenvalue weighted by molar-refractivity contribution is 6.42. The number of nitrogens with one attached hydrogen (secondary N) is 2. The normalized spacial score (nSPS) is 22.8. The van der Waals surface area contributed by atoms with Crippen molar-refractivity contribution < 1.29 is 9.90 Å². The minimum atomic E-state index is -0.454. The molecule has 0 aromatic heterocycles. The van der Waals surface area contributed by atoms with Crippen LogP contribution < -0.4 is 10.6 Å². The summed E-state index contributed by atoms with van der Waals surface area (Å²) in [7, 11) is 0. The highest BCUT2D eigenvalue weighted by Crippen LogP contribution is 2.25. The van der Waals surface area contributed by atoms with E-state index in [1.165, 1.54) is 0 Å². The topological polar surface area (TPSA) is 61.4 Å². The van der Waals surface area contributed by atoms with Crippen molar-refractivity contribution in [3.63, 3.8) is 0 Å². The summed E-state index contributed by atoms with van der Waals surface area (Å²) in [4.78, 5) is 11.7. The lowest BCUT2D eigenvalue weighted by Crippen LogP contribution is -2.42. The van der Waals surface area contributed by atoms with Crippen LogP contribution in [0.3, 0.4) is 0 Å². The van der Waals surface area contributed by atoms with Crippen molar-refractivity contribution in [2.24, 2.45) is 0 Å². The largest absolute Gasteiger partial charge is 0.391 e. The van der Waals surface area contributed by atoms with E-state index in [0.717, 1.165) is 19.3 Å². The highest BCUT2D eigenvalue weighted by Gasteiger charge is 2.26. The molecule has 0 radical (unpaired) electrons. The molecule has 1 saturated carbocycles. The van der Waals surface area contributed by atoms with Gasteiger partial charge in [0.2, 0.25) is 0 Å². The zero-order valence-electron chi connectivity index (χ0n) is 9.62. The first-order valence-corrected chi connectivity index (χ1v) is 6.52. The molecule has 2 rings (SSSR count). The maximum absolute atomic E-state index is 11.7. The number of halogens is 2. The lowest BCUT2D eigenvalue weighted by Gasteiger charge is -2.17. The van der Waals surface area contributed by atoms with Crippen molar-refractivity contribution in [2.75, 3.05) is 5.32 Å². The number of aliphatic hydroxyl groups excluding tert-OH is 1. The second-order valence-electron chi connectivity index (χ2n) is 4.33. The predicted molar refractivity (Wildman–Crippen MR) is 72.3 cm³/mol. The molecule has 1 fully saturated rings. The zero-order valence-corrected chi connectivity index (χ0v) is 11.1. The minimum absolute atomic E-state index is 0.173. The van der Waals surface area contributed by atoms with Gasteiger partial charge in [0, 0.05) is 5.69 Å². The first-order valence-electron chi connectivity index (χ1n) is 5.77. The molecule has 0 saturated heterocycles. The smallest absolute Gasteiger partial charge is 0.319 e. The molecule has 6 heteroatoms. The van der Waals surface area contributed by atoms with Gasteiger partial charge in [-0.1, -0.05) is 23.2 Å². The van der Waals surface area contributed by atoms with Crippen molar-refractivity contribution in [1.82, 2.24) is 5.32 Å². The van der Waals surface area contributed by atoms with Crippen LogP contribution in [0, 0.1) is 0 Å². The van der Waals surface area contributed by atoms with Gasteiger partial charge in [0.05, 0.1) is 22.2 Å². The van der Waals surface area contributed by atoms with Gasteiger partial charge in [-0.05, 0) is 37.5 Å². The van der Waals surface area contributed by atoms with E-state index in [1.807, 2.05) is 0 Å². The van der Waals surface area contributed by atoms with E-state index in [4.69, 9.17) is 23.2 Å². The molecule has 1 aliphatic carbocycles. The Labute approximate surface area is 115 Å². The van der Waals surface area contributed by atoms with Gasteiger partial charge in [-0.25, -0.2) is 4.79 Å². The minimum Gasteiger partial charge on any atom is -0.391 e. The van der Waals surface area contributed by atoms with Gasteiger partial charge in [0.15, 0.2) is 0 Å². The second-order valence-corrected chi connectivity index (χ2v) is 5.15. The Morgan fingerprint density at radius 2 is 2.06 bits per heavy atom. The van der Waals surface area contributed by atoms with Gasteiger partial charge in [0.25, 0.3) is 0 Å². The average Bonchev–Trinajstić information content (AvgIpc) is 2.70. The third-order valence-electron chi connectivity index (χ3n) is 2.97. The average molecular weight is 289 g/mol. The predicted octanol–water partition coefficient (Wildman–Crippen LogP) is 3.03. The first kappa shape index (κ1) is 13.5. The maximum atomic E-state index is 11.7. The van der Waals surface area contributed by atoms with Gasteiger partial charge in [-0.3, -0.25) is 0 Å². The highest BCUT2D eigenvalue weighted by atomic mass is 35.5. The molecule has 0 unspecified atom stereocenters. The lowest BCUT2D eigenvalue weighted by atomic mass is 10.2. The molecule has 3 N–H and O–H groups in total. The SMILES string of the molecule is O=C(Nc1ccc(Cl)c(Cl)c1)N[C@H]1CCC[C@H]1O. The van der Waals surface area contributed by atoms with Crippen LogP contribution in [0.1, 0.15) is 19.3 Å². The Balaban J connectivity index is 1.92. The van der Waals surface area contributed by atoms with Gasteiger partial charge < -0.3 is 15.7 Å². The quantitative estimate of drug-likeness (QED) is 0.783. The van der Waals surface area contributed by atoms with Crippen LogP contribution in [0.25, 0.3) is 0 Å². The Hall–Kier alpha value is -0.970. The van der Waals surface area contributed by atoms with E-state index in [2.05, 4.69) is 10.6 Å². The van der Waals surface area contributed by atoms with E-state index in [9.17, 15) is 9.90 Å². The Bertz CT molecular complexity index is 454. The Morgan fingerprint density at radius 3 is 2.67 bits per heavy atom. The number of rotatable bonds is 2. The third-order valence-corrected chi connectivity index (χ3v) is 3.71. The van der Waals surface area contributed by atoms with Crippen molar-refractivity contribution in [3.8, 4) is 0 Å². The van der Waals surface area contributed by atoms with Crippen molar-refractivity contribution in [2.45, 2.75) is 31.4 Å². The summed E-state index contributed by atoms with van der Waals surface area (Å²) in [5, 5.41) is 15.8. The first-order chi connectivity index (χ1) is 8.56. The van der Waals surface area contributed by atoms with E-state index in [0.29, 0.717) is 15.7 Å². The van der Waals surface area contributed by atoms with Crippen molar-refractivity contribution >= 4 is 34.9 Å². The summed E-state index contributed by atoms with van der Waals surface area (Å²) in [5.41, 5.74) is 0.564. The van der Waals surface area contributed by atoms with Crippen LogP contribution in [-0.4, -0.2) is 23.3 Å². The van der Waals surface area contributed by atoms with Crippen LogP contribution in [0.4, 0.5) is 10.5 Å². The number of hydrogen-bond donors (Lipinski definition) is 3. The summed E-state index contributed by atoms with van der Waals surface area (Å²) in [5.74, 6) is 0. The fraction of sp³-hybridized carbons (Fsp3) is 0.417. The maximum Gasteiger partial charge on any atom is 0.319 e. The molecule has 0 heterocycles. The number of aliphatic hydroxyl groups is 1. The number of benzene rings is 1. The summed E-state index contributed by atoms with van der Waals surface area (Å²) in [6.07, 6.45) is 2.01. The molecule has 2 atom stereocenters. The van der Waals surface area contributed by atoms with E-state index < -0.39 is 6.10 Å². The van der Waals surface area contributed by atoms with Crippen LogP contribution in [-0.2, 0) is 0 Å². The summed E-state index contributed by atoms with van der Waals surface area (Å²) in [6.45, 7) is 0. The van der Waals surface area contributed by atoms with Crippen molar-refractivity contribution in [1.29, 1.82) is 0 Å². The van der Waals surface area contributed by atoms with E-state index >= 15 is 0 Å². The summed E-state index contributed by atoms with van der Waals surface area (Å²) < 4.78 is 0. The molecular formula is C12H14Cl2N2O2. The number of carbonyl (C=O) groups is 1. The molecule has 1 aromatic rings. The molecule has 1 aliphatic rings. The number of urea groups is 1. The van der Waals surface area contributed by atoms with Gasteiger partial charge in [-0.15, -0.1) is 0 Å². The molecule has 1 aromatic carbocycles. The number of hydrogen-bond acceptors (Lipinski definition) is 2. The monoisotopic (exact) mass is 288 g/mol. The second kappa shape index (κ2) is 5.78. The number of anilines is 1. The molecule has 18 heavy (non-hydrogen) atoms. The molecule has 0 bridgehead atoms. The standard InChI is InChI=1S/C12H14Cl2N2O2/c13-8-5-4-7(6-9(8)14)15-12(18)16-10-2-1-3-11(10)17/h4-6,10-11,17H,1-3H2,(H2,15,16,18)/t10-,11+/m0/s1. The fourth-order valence-corrected chi connectivity index (χ4v) is 2.32. The summed E-state index contributed by atoms with van der Waals surface area (Å²) in [6, 6.07) is 4.34. The molecule has 4 nitrogen and oxygen atoms in total. The third kappa shape index (κ3) is 3.28. The zero-order chi connectivity index (χ0) is 13.1. The van der Waals surface area contributed by atoms with Gasteiger partial charge >= 0.3 is 6.03 Å².